The van der Waals surface area contributed by atoms with Crippen LogP contribution in [0.2, 0.25) is 0 Å². The van der Waals surface area contributed by atoms with E-state index in [4.69, 9.17) is 37.6 Å². The smallest absolute Gasteiger partial charge is 0.416 e. The summed E-state index contributed by atoms with van der Waals surface area (Å²) in [5, 5.41) is 18.5. The summed E-state index contributed by atoms with van der Waals surface area (Å²) in [6.07, 6.45) is 5.18. The Bertz CT molecular complexity index is 3660. The Balaban J connectivity index is 0.617. The molecule has 2 aliphatic carbocycles. The van der Waals surface area contributed by atoms with Crippen LogP contribution >= 0.6 is 0 Å². The van der Waals surface area contributed by atoms with Crippen molar-refractivity contribution >= 4 is 47.1 Å². The first-order chi connectivity index (χ1) is 47.0. The van der Waals surface area contributed by atoms with E-state index in [0.29, 0.717) is 107 Å². The van der Waals surface area contributed by atoms with Gasteiger partial charge in [0.25, 0.3) is 18.2 Å². The van der Waals surface area contributed by atoms with Crippen molar-refractivity contribution in [2.24, 2.45) is 11.3 Å². The average molecular weight is 1360 g/mol. The van der Waals surface area contributed by atoms with E-state index < -0.39 is 53.3 Å². The van der Waals surface area contributed by atoms with Crippen LogP contribution in [0.1, 0.15) is 135 Å². The van der Waals surface area contributed by atoms with Gasteiger partial charge in [-0.2, -0.15) is 5.10 Å². The molecule has 0 radical (unpaired) electrons. The standard InChI is InChI=1S/C71H91F2N11O14/c1-45(74-8)63(85)80-61(70(2,3)4)68(89)82-42-51-38-53(23-20-49(51)39-58(82)66(88)77-55-15-11-13-47-12-9-10-14-54(47)55)96-37-36-95-35-34-94-33-32-93-31-30-92-29-28-91-27-26-76-64(86)48-18-21-52(22-19-48)84-43-56(60(81-84)62(72)73)78-65(87)57-44-97-67(79-57)50-24-25-75-59(40-50)83(41-46-16-17-46)69(90)98-71(5,6)7/h9-10,12,14,18-25,38,40,43-46,55,58,61-62,74H,11,13,15-17,26-37,39,41-42H2,1-8H3,(H,76,86)(H,77,88)(H,78,87)(H,80,85)/t45-,55+,58-,61+/m0/s1. The van der Waals surface area contributed by atoms with Gasteiger partial charge in [0, 0.05) is 43.4 Å². The Morgan fingerprint density at radius 1 is 0.765 bits per heavy atom. The number of rotatable bonds is 34. The topological polar surface area (TPSA) is 290 Å². The van der Waals surface area contributed by atoms with Crippen LogP contribution in [-0.2, 0) is 62.2 Å². The fraction of sp³-hybridized carbons (Fsp3) is 0.507. The number of amides is 6. The first-order valence-corrected chi connectivity index (χ1v) is 33.3. The highest BCUT2D eigenvalue weighted by Crippen LogP contribution is 2.36. The summed E-state index contributed by atoms with van der Waals surface area (Å²) >= 11 is 0. The summed E-state index contributed by atoms with van der Waals surface area (Å²) in [7, 11) is 1.69. The number of carbonyl (C=O) groups excluding carboxylic acids is 6. The van der Waals surface area contributed by atoms with Gasteiger partial charge in [0.1, 0.15) is 42.1 Å². The van der Waals surface area contributed by atoms with E-state index in [1.807, 2.05) is 51.1 Å². The molecular weight excluding hydrogens is 1270 g/mol. The van der Waals surface area contributed by atoms with Crippen molar-refractivity contribution in [1.29, 1.82) is 0 Å². The van der Waals surface area contributed by atoms with Crippen LogP contribution in [0, 0.1) is 11.3 Å². The molecule has 3 aliphatic rings. The highest BCUT2D eigenvalue weighted by atomic mass is 19.3. The lowest BCUT2D eigenvalue weighted by Crippen LogP contribution is -2.62. The molecule has 1 fully saturated rings. The fourth-order valence-corrected chi connectivity index (χ4v) is 11.1. The number of pyridine rings is 1. The number of aromatic nitrogens is 4. The molecule has 1 saturated carbocycles. The molecule has 4 heterocycles. The third-order valence-electron chi connectivity index (χ3n) is 16.7. The third kappa shape index (κ3) is 20.9. The molecule has 0 bridgehead atoms. The number of nitrogens with zero attached hydrogens (tertiary/aromatic N) is 6. The second-order valence-corrected chi connectivity index (χ2v) is 26.4. The number of halogens is 2. The number of hydrogen-bond donors (Lipinski definition) is 5. The van der Waals surface area contributed by atoms with E-state index in [9.17, 15) is 37.5 Å². The number of alkyl halides is 2. The molecule has 1 aliphatic heterocycles. The Kier molecular flexibility index (Phi) is 26.0. The fourth-order valence-electron chi connectivity index (χ4n) is 11.1. The molecule has 0 unspecified atom stereocenters. The molecule has 4 atom stereocenters. The van der Waals surface area contributed by atoms with Crippen molar-refractivity contribution in [1.82, 2.24) is 45.9 Å². The molecule has 6 aromatic rings. The predicted octanol–water partition coefficient (Wildman–Crippen LogP) is 8.74. The van der Waals surface area contributed by atoms with Gasteiger partial charge in [0.05, 0.1) is 95.7 Å². The van der Waals surface area contributed by atoms with Gasteiger partial charge in [-0.25, -0.2) is 28.2 Å². The van der Waals surface area contributed by atoms with Gasteiger partial charge in [0.2, 0.25) is 23.6 Å². The van der Waals surface area contributed by atoms with Gasteiger partial charge in [0.15, 0.2) is 11.4 Å². The summed E-state index contributed by atoms with van der Waals surface area (Å²) < 4.78 is 75.2. The SMILES string of the molecule is CN[C@@H](C)C(=O)N[C@H](C(=O)N1Cc2cc(OCCOCCOCCOCCOCCOCCNC(=O)c3ccc(-n4cc(NC(=O)c5coc(-c6ccnc(N(CC7CC7)C(=O)OC(C)(C)C)c6)n5)c(C(F)F)n4)cc3)ccc2C[C@H]1C(=O)N[C@@H]1CCCc2ccccc21)C(C)(C)C. The van der Waals surface area contributed by atoms with Crippen LogP contribution in [0.5, 0.6) is 5.75 Å². The minimum atomic E-state index is -3.05. The molecule has 3 aromatic carbocycles. The maximum atomic E-state index is 14.7. The molecule has 0 spiro atoms. The zero-order valence-corrected chi connectivity index (χ0v) is 57.0. The quantitative estimate of drug-likeness (QED) is 0.0236. The van der Waals surface area contributed by atoms with E-state index in [1.54, 1.807) is 51.8 Å². The van der Waals surface area contributed by atoms with Crippen molar-refractivity contribution in [2.45, 2.75) is 130 Å². The van der Waals surface area contributed by atoms with Crippen molar-refractivity contribution in [3.8, 4) is 22.9 Å². The number of hydrogen-bond acceptors (Lipinski definition) is 18. The molecule has 0 saturated heterocycles. The Hall–Kier alpha value is -8.73. The number of oxazole rings is 1. The van der Waals surface area contributed by atoms with Crippen LogP contribution in [0.25, 0.3) is 17.1 Å². The maximum Gasteiger partial charge on any atom is 0.416 e. The number of carbonyl (C=O) groups is 6. The largest absolute Gasteiger partial charge is 0.491 e. The lowest BCUT2D eigenvalue weighted by Gasteiger charge is -2.41. The number of nitrogens with one attached hydrogen (secondary N) is 5. The summed E-state index contributed by atoms with van der Waals surface area (Å²) in [6, 6.07) is 20.8. The molecule has 6 amide bonds. The van der Waals surface area contributed by atoms with E-state index >= 15 is 0 Å². The van der Waals surface area contributed by atoms with Gasteiger partial charge < -0.3 is 69.1 Å². The summed E-state index contributed by atoms with van der Waals surface area (Å²) in [4.78, 5) is 93.4. The predicted molar refractivity (Wildman–Crippen MR) is 359 cm³/mol. The van der Waals surface area contributed by atoms with E-state index in [-0.39, 0.29) is 73.2 Å². The normalized spacial score (nSPS) is 15.9. The number of fused-ring (bicyclic) bond motifs is 2. The van der Waals surface area contributed by atoms with Gasteiger partial charge in [-0.15, -0.1) is 0 Å². The lowest BCUT2D eigenvalue weighted by atomic mass is 9.83. The second kappa shape index (κ2) is 34.7. The number of aryl methyl sites for hydroxylation is 1. The minimum absolute atomic E-state index is 0.0375. The number of likely N-dealkylation sites (N-methyl/N-ethyl adjacent to an activating group) is 1. The zero-order chi connectivity index (χ0) is 69.9. The summed E-state index contributed by atoms with van der Waals surface area (Å²) in [5.74, 6) is -0.801. The van der Waals surface area contributed by atoms with Crippen LogP contribution in [0.3, 0.4) is 0 Å². The first-order valence-electron chi connectivity index (χ1n) is 33.3. The first kappa shape index (κ1) is 73.5. The highest BCUT2D eigenvalue weighted by Gasteiger charge is 2.43. The second-order valence-electron chi connectivity index (χ2n) is 26.4. The lowest BCUT2D eigenvalue weighted by molar-refractivity contribution is -0.147. The molecule has 3 aromatic heterocycles. The van der Waals surface area contributed by atoms with Crippen LogP contribution < -0.4 is 36.2 Å². The Morgan fingerprint density at radius 2 is 1.44 bits per heavy atom. The number of benzene rings is 3. The van der Waals surface area contributed by atoms with Crippen molar-refractivity contribution in [3.05, 3.63) is 137 Å². The maximum absolute atomic E-state index is 14.7. The van der Waals surface area contributed by atoms with Crippen molar-refractivity contribution in [3.63, 3.8) is 0 Å². The highest BCUT2D eigenvalue weighted by molar-refractivity contribution is 6.03. The van der Waals surface area contributed by atoms with Gasteiger partial charge in [-0.1, -0.05) is 51.1 Å². The van der Waals surface area contributed by atoms with Crippen LogP contribution in [-0.4, -0.2) is 177 Å². The van der Waals surface area contributed by atoms with Crippen molar-refractivity contribution in [2.75, 3.05) is 103 Å². The summed E-state index contributed by atoms with van der Waals surface area (Å²) in [5.41, 5.74) is 2.66. The van der Waals surface area contributed by atoms with Crippen molar-refractivity contribution < 1.29 is 75.1 Å². The van der Waals surface area contributed by atoms with E-state index in [0.717, 1.165) is 59.7 Å². The number of ether oxygens (including phenoxy) is 7. The minimum Gasteiger partial charge on any atom is -0.491 e. The van der Waals surface area contributed by atoms with Crippen LogP contribution in [0.15, 0.2) is 102 Å². The van der Waals surface area contributed by atoms with Crippen LogP contribution in [0.4, 0.5) is 25.1 Å². The molecule has 9 rings (SSSR count). The Labute approximate surface area is 569 Å². The van der Waals surface area contributed by atoms with Gasteiger partial charge in [-0.05, 0) is 149 Å². The van der Waals surface area contributed by atoms with Gasteiger partial charge >= 0.3 is 6.09 Å². The monoisotopic (exact) mass is 1360 g/mol. The van der Waals surface area contributed by atoms with Gasteiger partial charge in [-0.3, -0.25) is 28.9 Å². The molecule has 27 heteroatoms. The van der Waals surface area contributed by atoms with E-state index in [2.05, 4.69) is 53.8 Å². The molecular formula is C71H91F2N11O14. The zero-order valence-electron chi connectivity index (χ0n) is 57.0. The summed E-state index contributed by atoms with van der Waals surface area (Å²) in [6.45, 7) is 17.1. The molecule has 528 valence electrons. The average Bonchev–Trinajstić information content (AvgIpc) is 0.962. The molecule has 25 nitrogen and oxygen atoms in total. The van der Waals surface area contributed by atoms with E-state index in [1.165, 1.54) is 47.1 Å². The third-order valence-corrected chi connectivity index (χ3v) is 16.7. The molecule has 98 heavy (non-hydrogen) atoms. The molecule has 5 N–H and O–H groups in total. The number of anilines is 2. The Morgan fingerprint density at radius 3 is 2.09 bits per heavy atom.